The van der Waals surface area contributed by atoms with Gasteiger partial charge in [0.25, 0.3) is 0 Å². The molecule has 0 unspecified atom stereocenters. The summed E-state index contributed by atoms with van der Waals surface area (Å²) in [5, 5.41) is 11.3. The van der Waals surface area contributed by atoms with E-state index in [-0.39, 0.29) is 32.0 Å². The number of ether oxygens (including phenoxy) is 1. The van der Waals surface area contributed by atoms with Crippen molar-refractivity contribution in [3.63, 3.8) is 0 Å². The summed E-state index contributed by atoms with van der Waals surface area (Å²) in [6.07, 6.45) is 1.67. The predicted molar refractivity (Wildman–Crippen MR) is 204 cm³/mol. The molecule has 7 amide bonds. The van der Waals surface area contributed by atoms with E-state index >= 15 is 0 Å². The summed E-state index contributed by atoms with van der Waals surface area (Å²) in [6, 6.07) is 8.13. The highest BCUT2D eigenvalue weighted by Gasteiger charge is 2.45. The molecule has 0 saturated carbocycles. The molecule has 3 heterocycles. The number of fused-ring (bicyclic) bond motifs is 2. The fraction of sp³-hybridized carbons (Fsp3) is 0.513. The van der Waals surface area contributed by atoms with Gasteiger partial charge >= 0.3 is 12.0 Å². The molecule has 0 spiro atoms. The number of halogens is 1. The van der Waals surface area contributed by atoms with Crippen molar-refractivity contribution >= 4 is 58.8 Å². The van der Waals surface area contributed by atoms with Crippen LogP contribution in [0.3, 0.4) is 0 Å². The number of anilines is 1. The van der Waals surface area contributed by atoms with E-state index in [4.69, 9.17) is 16.3 Å². The third kappa shape index (κ3) is 10.1. The molecule has 3 saturated heterocycles. The molecule has 3 aliphatic heterocycles. The maximum absolute atomic E-state index is 14.5. The standard InChI is InChI=1S/C39H50ClN7O8/c1-5-17-45-25(4)33(48)41-24(3)35(50)47-21-23(2)19-32(47)38(53)55-22-30(36(51)46-18-9-12-31(46)37(45)52)43-34(49)29(20-26-10-7-6-8-11-26)44-39(54)42-28-15-13-27(40)14-16-28/h6-8,10-11,13-16,23-25,29-32H,5,9,12,17-22H2,1-4H3,(H,41,48)(H,43,49)(H2,42,44,54)/t23-,24+,25+,29+,30+,31+,32+/m1/s1. The van der Waals surface area contributed by atoms with Crippen LogP contribution in [0.5, 0.6) is 0 Å². The fourth-order valence-electron chi connectivity index (χ4n) is 7.34. The van der Waals surface area contributed by atoms with Crippen molar-refractivity contribution < 1.29 is 38.3 Å². The predicted octanol–water partition coefficient (Wildman–Crippen LogP) is 2.47. The molecule has 3 fully saturated rings. The lowest BCUT2D eigenvalue weighted by molar-refractivity contribution is -0.158. The van der Waals surface area contributed by atoms with E-state index < -0.39 is 84.4 Å². The molecule has 5 rings (SSSR count). The summed E-state index contributed by atoms with van der Waals surface area (Å²) in [5.74, 6) is -3.70. The second kappa shape index (κ2) is 18.4. The van der Waals surface area contributed by atoms with Gasteiger partial charge in [0.2, 0.25) is 29.5 Å². The quantitative estimate of drug-likeness (QED) is 0.295. The largest absolute Gasteiger partial charge is 0.461 e. The monoisotopic (exact) mass is 779 g/mol. The average molecular weight is 780 g/mol. The molecule has 16 heteroatoms. The van der Waals surface area contributed by atoms with E-state index in [2.05, 4.69) is 21.3 Å². The number of nitrogens with one attached hydrogen (secondary N) is 4. The zero-order valence-electron chi connectivity index (χ0n) is 31.6. The summed E-state index contributed by atoms with van der Waals surface area (Å²) in [7, 11) is 0. The minimum Gasteiger partial charge on any atom is -0.461 e. The molecule has 0 aliphatic carbocycles. The lowest BCUT2D eigenvalue weighted by Gasteiger charge is -2.36. The zero-order chi connectivity index (χ0) is 39.8. The van der Waals surface area contributed by atoms with Crippen LogP contribution in [0.1, 0.15) is 58.9 Å². The lowest BCUT2D eigenvalue weighted by Crippen LogP contribution is -2.61. The fourth-order valence-corrected chi connectivity index (χ4v) is 7.47. The number of carbonyl (C=O) groups excluding carboxylic acids is 7. The van der Waals surface area contributed by atoms with Gasteiger partial charge < -0.3 is 40.7 Å². The van der Waals surface area contributed by atoms with Gasteiger partial charge in [-0.3, -0.25) is 24.0 Å². The number of hydrogen-bond acceptors (Lipinski definition) is 8. The minimum atomic E-state index is -1.46. The van der Waals surface area contributed by atoms with Crippen LogP contribution < -0.4 is 21.3 Å². The van der Waals surface area contributed by atoms with Crippen molar-refractivity contribution in [2.24, 2.45) is 5.92 Å². The third-order valence-electron chi connectivity index (χ3n) is 10.2. The topological polar surface area (TPSA) is 187 Å². The molecule has 3 aliphatic rings. The van der Waals surface area contributed by atoms with Crippen molar-refractivity contribution in [1.29, 1.82) is 0 Å². The Labute approximate surface area is 325 Å². The highest BCUT2D eigenvalue weighted by atomic mass is 35.5. The van der Waals surface area contributed by atoms with E-state index in [0.717, 1.165) is 5.56 Å². The van der Waals surface area contributed by atoms with E-state index in [1.165, 1.54) is 21.6 Å². The number of nitrogens with zero attached hydrogens (tertiary/aromatic N) is 3. The Kier molecular flexibility index (Phi) is 13.7. The Balaban J connectivity index is 1.46. The van der Waals surface area contributed by atoms with Gasteiger partial charge in [-0.15, -0.1) is 0 Å². The number of benzene rings is 2. The van der Waals surface area contributed by atoms with Gasteiger partial charge in [-0.05, 0) is 75.3 Å². The Bertz CT molecular complexity index is 1740. The van der Waals surface area contributed by atoms with Crippen LogP contribution in [0.4, 0.5) is 10.5 Å². The molecular weight excluding hydrogens is 730 g/mol. The highest BCUT2D eigenvalue weighted by Crippen LogP contribution is 2.26. The SMILES string of the molecule is CCCN1C(=O)[C@@H]2CCCN2C(=O)[C@@H](NC(=O)[C@H](Cc2ccccc2)NC(=O)Nc2ccc(Cl)cc2)COC(=O)[C@@H]2C[C@@H](C)CN2C(=O)[C@H](C)NC(=O)[C@@H]1C. The van der Waals surface area contributed by atoms with E-state index in [9.17, 15) is 33.6 Å². The number of urea groups is 1. The number of carbonyl (C=O) groups is 7. The zero-order valence-corrected chi connectivity index (χ0v) is 32.3. The van der Waals surface area contributed by atoms with E-state index in [1.807, 2.05) is 19.9 Å². The van der Waals surface area contributed by atoms with Crippen LogP contribution in [0, 0.1) is 5.92 Å². The first-order valence-corrected chi connectivity index (χ1v) is 19.2. The van der Waals surface area contributed by atoms with Crippen LogP contribution in [-0.4, -0.2) is 119 Å². The molecule has 2 aromatic carbocycles. The third-order valence-corrected chi connectivity index (χ3v) is 10.5. The molecular formula is C39H50ClN7O8. The van der Waals surface area contributed by atoms with Crippen molar-refractivity contribution in [3.05, 3.63) is 65.2 Å². The van der Waals surface area contributed by atoms with Gasteiger partial charge in [0, 0.05) is 36.8 Å². The van der Waals surface area contributed by atoms with Crippen molar-refractivity contribution in [2.45, 2.75) is 96.1 Å². The molecule has 55 heavy (non-hydrogen) atoms. The highest BCUT2D eigenvalue weighted by molar-refractivity contribution is 6.30. The Morgan fingerprint density at radius 1 is 0.927 bits per heavy atom. The maximum Gasteiger partial charge on any atom is 0.328 e. The summed E-state index contributed by atoms with van der Waals surface area (Å²) in [6.45, 7) is 6.93. The van der Waals surface area contributed by atoms with E-state index in [0.29, 0.717) is 36.4 Å². The number of rotatable bonds is 8. The average Bonchev–Trinajstić information content (AvgIpc) is 3.82. The van der Waals surface area contributed by atoms with Gasteiger partial charge in [0.1, 0.15) is 42.9 Å². The maximum atomic E-state index is 14.5. The van der Waals surface area contributed by atoms with Crippen LogP contribution >= 0.6 is 11.6 Å². The molecule has 7 atom stereocenters. The van der Waals surface area contributed by atoms with Crippen LogP contribution in [-0.2, 0) is 39.9 Å². The lowest BCUT2D eigenvalue weighted by atomic mass is 10.0. The van der Waals surface area contributed by atoms with Gasteiger partial charge in [-0.2, -0.15) is 0 Å². The Hall–Kier alpha value is -5.18. The van der Waals surface area contributed by atoms with E-state index in [1.54, 1.807) is 55.5 Å². The molecule has 296 valence electrons. The van der Waals surface area contributed by atoms with Gasteiger partial charge in [-0.25, -0.2) is 9.59 Å². The molecule has 4 N–H and O–H groups in total. The van der Waals surface area contributed by atoms with Crippen LogP contribution in [0.25, 0.3) is 0 Å². The summed E-state index contributed by atoms with van der Waals surface area (Å²) < 4.78 is 5.73. The second-order valence-electron chi connectivity index (χ2n) is 14.5. The van der Waals surface area contributed by atoms with Crippen LogP contribution in [0.2, 0.25) is 5.02 Å². The first-order valence-electron chi connectivity index (χ1n) is 18.8. The summed E-state index contributed by atoms with van der Waals surface area (Å²) in [4.78, 5) is 101. The number of cyclic esters (lactones) is 1. The molecule has 15 nitrogen and oxygen atoms in total. The van der Waals surface area contributed by atoms with Crippen molar-refractivity contribution in [2.75, 3.05) is 31.6 Å². The minimum absolute atomic E-state index is 0.0490. The van der Waals surface area contributed by atoms with Gasteiger partial charge in [0.15, 0.2) is 0 Å². The van der Waals surface area contributed by atoms with Crippen molar-refractivity contribution in [1.82, 2.24) is 30.7 Å². The summed E-state index contributed by atoms with van der Waals surface area (Å²) >= 11 is 5.99. The number of esters is 1. The molecule has 2 aromatic rings. The van der Waals surface area contributed by atoms with Crippen LogP contribution in [0.15, 0.2) is 54.6 Å². The first-order chi connectivity index (χ1) is 26.3. The molecule has 0 bridgehead atoms. The normalized spacial score (nSPS) is 25.8. The Morgan fingerprint density at radius 3 is 2.33 bits per heavy atom. The summed E-state index contributed by atoms with van der Waals surface area (Å²) in [5.41, 5.74) is 1.15. The number of hydrogen-bond donors (Lipinski definition) is 4. The van der Waals surface area contributed by atoms with Gasteiger partial charge in [-0.1, -0.05) is 55.8 Å². The Morgan fingerprint density at radius 2 is 1.64 bits per heavy atom. The smallest absolute Gasteiger partial charge is 0.328 e. The number of amides is 7. The second-order valence-corrected chi connectivity index (χ2v) is 15.0. The first kappa shape index (κ1) is 41.0. The molecule has 0 aromatic heterocycles. The van der Waals surface area contributed by atoms with Gasteiger partial charge in [0.05, 0.1) is 0 Å². The molecule has 0 radical (unpaired) electrons. The van der Waals surface area contributed by atoms with Crippen molar-refractivity contribution in [3.8, 4) is 0 Å².